The zero-order chi connectivity index (χ0) is 22.6. The maximum absolute atomic E-state index is 14.2. The molecule has 32 heavy (non-hydrogen) atoms. The summed E-state index contributed by atoms with van der Waals surface area (Å²) in [5.41, 5.74) is 7.66. The number of aromatic nitrogens is 2. The van der Waals surface area contributed by atoms with Crippen molar-refractivity contribution < 1.29 is 26.3 Å². The SMILES string of the molecule is NC1CC(N2Cc3cnn(S(=O)(=O)C4CCCC4)c3C2)CO[C@@H]1c1cc(F)c(F)cc1F. The molecule has 0 amide bonds. The molecule has 5 rings (SSSR count). The third kappa shape index (κ3) is 3.64. The van der Waals surface area contributed by atoms with Gasteiger partial charge in [0.05, 0.1) is 23.7 Å². The summed E-state index contributed by atoms with van der Waals surface area (Å²) in [6.45, 7) is 1.12. The van der Waals surface area contributed by atoms with Crippen LogP contribution in [0.1, 0.15) is 55.0 Å². The molecule has 3 aliphatic rings. The summed E-state index contributed by atoms with van der Waals surface area (Å²) in [7, 11) is -3.53. The minimum absolute atomic E-state index is 0.0992. The van der Waals surface area contributed by atoms with E-state index in [1.165, 1.54) is 4.09 Å². The van der Waals surface area contributed by atoms with Crippen LogP contribution in [0.2, 0.25) is 0 Å². The Labute approximate surface area is 184 Å². The fourth-order valence-corrected chi connectivity index (χ4v) is 7.00. The lowest BCUT2D eigenvalue weighted by Crippen LogP contribution is -2.48. The predicted octanol–water partition coefficient (Wildman–Crippen LogP) is 2.59. The average Bonchev–Trinajstić information content (AvgIpc) is 3.48. The van der Waals surface area contributed by atoms with Gasteiger partial charge in [-0.05, 0) is 25.3 Å². The molecule has 1 saturated carbocycles. The summed E-state index contributed by atoms with van der Waals surface area (Å²) >= 11 is 0. The van der Waals surface area contributed by atoms with Crippen molar-refractivity contribution in [3.63, 3.8) is 0 Å². The molecule has 1 aromatic heterocycles. The Kier molecular flexibility index (Phi) is 5.55. The predicted molar refractivity (Wildman–Crippen MR) is 109 cm³/mol. The van der Waals surface area contributed by atoms with Crippen LogP contribution in [0.15, 0.2) is 18.3 Å². The first kappa shape index (κ1) is 21.9. The summed E-state index contributed by atoms with van der Waals surface area (Å²) < 4.78 is 74.1. The highest BCUT2D eigenvalue weighted by Gasteiger charge is 2.40. The second-order valence-electron chi connectivity index (χ2n) is 8.91. The van der Waals surface area contributed by atoms with Gasteiger partial charge in [-0.1, -0.05) is 12.8 Å². The van der Waals surface area contributed by atoms with Crippen molar-refractivity contribution in [2.24, 2.45) is 5.73 Å². The summed E-state index contributed by atoms with van der Waals surface area (Å²) in [4.78, 5) is 2.07. The van der Waals surface area contributed by atoms with Gasteiger partial charge < -0.3 is 10.5 Å². The number of benzene rings is 1. The van der Waals surface area contributed by atoms with Gasteiger partial charge in [0.25, 0.3) is 10.0 Å². The first-order valence-electron chi connectivity index (χ1n) is 10.8. The van der Waals surface area contributed by atoms with Gasteiger partial charge in [0.15, 0.2) is 11.6 Å². The van der Waals surface area contributed by atoms with Gasteiger partial charge in [0.2, 0.25) is 0 Å². The molecular weight excluding hydrogens is 445 g/mol. The first-order chi connectivity index (χ1) is 15.3. The third-order valence-corrected chi connectivity index (χ3v) is 8.99. The zero-order valence-electron chi connectivity index (χ0n) is 17.4. The van der Waals surface area contributed by atoms with E-state index >= 15 is 0 Å². The Hall–Kier alpha value is -1.95. The van der Waals surface area contributed by atoms with Crippen LogP contribution in [0.25, 0.3) is 0 Å². The van der Waals surface area contributed by atoms with E-state index in [-0.39, 0.29) is 18.2 Å². The molecule has 1 saturated heterocycles. The molecule has 0 spiro atoms. The first-order valence-corrected chi connectivity index (χ1v) is 12.3. The van der Waals surface area contributed by atoms with Crippen LogP contribution in [-0.4, -0.2) is 46.4 Å². The zero-order valence-corrected chi connectivity index (χ0v) is 18.2. The number of nitrogens with zero attached hydrogens (tertiary/aromatic N) is 3. The summed E-state index contributed by atoms with van der Waals surface area (Å²) in [6, 6.07) is 0.546. The number of hydrogen-bond acceptors (Lipinski definition) is 6. The molecule has 0 bridgehead atoms. The van der Waals surface area contributed by atoms with E-state index in [0.29, 0.717) is 44.1 Å². The Morgan fingerprint density at radius 1 is 1.06 bits per heavy atom. The van der Waals surface area contributed by atoms with E-state index in [1.807, 2.05) is 0 Å². The van der Waals surface area contributed by atoms with Crippen molar-refractivity contribution in [3.05, 3.63) is 52.6 Å². The van der Waals surface area contributed by atoms with Gasteiger partial charge in [0, 0.05) is 42.4 Å². The molecule has 2 aliphatic heterocycles. The van der Waals surface area contributed by atoms with Gasteiger partial charge in [-0.2, -0.15) is 9.19 Å². The molecular formula is C21H25F3N4O3S. The van der Waals surface area contributed by atoms with E-state index in [0.717, 1.165) is 24.5 Å². The number of ether oxygens (including phenoxy) is 1. The van der Waals surface area contributed by atoms with Crippen LogP contribution >= 0.6 is 0 Å². The fraction of sp³-hybridized carbons (Fsp3) is 0.571. The van der Waals surface area contributed by atoms with Gasteiger partial charge in [-0.25, -0.2) is 21.6 Å². The normalized spacial score (nSPS) is 27.2. The Bertz CT molecular complexity index is 1130. The van der Waals surface area contributed by atoms with E-state index in [1.54, 1.807) is 6.20 Å². The van der Waals surface area contributed by atoms with Crippen molar-refractivity contribution in [2.75, 3.05) is 6.61 Å². The minimum atomic E-state index is -3.53. The van der Waals surface area contributed by atoms with Crippen molar-refractivity contribution >= 4 is 10.0 Å². The highest BCUT2D eigenvalue weighted by Crippen LogP contribution is 2.35. The van der Waals surface area contributed by atoms with E-state index in [4.69, 9.17) is 10.5 Å². The van der Waals surface area contributed by atoms with Crippen molar-refractivity contribution in [3.8, 4) is 0 Å². The fourth-order valence-electron chi connectivity index (χ4n) is 5.13. The molecule has 7 nitrogen and oxygen atoms in total. The van der Waals surface area contributed by atoms with Gasteiger partial charge in [0.1, 0.15) is 11.9 Å². The number of halogens is 3. The number of nitrogens with two attached hydrogens (primary N) is 1. The molecule has 2 aromatic rings. The second kappa shape index (κ2) is 8.12. The smallest absolute Gasteiger partial charge is 0.256 e. The van der Waals surface area contributed by atoms with Crippen molar-refractivity contribution in [1.29, 1.82) is 0 Å². The number of rotatable bonds is 4. The molecule has 1 aromatic carbocycles. The largest absolute Gasteiger partial charge is 0.370 e. The maximum Gasteiger partial charge on any atom is 0.256 e. The highest BCUT2D eigenvalue weighted by atomic mass is 32.2. The third-order valence-electron chi connectivity index (χ3n) is 6.87. The lowest BCUT2D eigenvalue weighted by atomic mass is 9.93. The van der Waals surface area contributed by atoms with Crippen LogP contribution < -0.4 is 5.73 Å². The molecule has 3 atom stereocenters. The lowest BCUT2D eigenvalue weighted by Gasteiger charge is -2.38. The molecule has 1 aliphatic carbocycles. The Morgan fingerprint density at radius 3 is 2.50 bits per heavy atom. The Balaban J connectivity index is 1.29. The van der Waals surface area contributed by atoms with E-state index in [2.05, 4.69) is 10.00 Å². The van der Waals surface area contributed by atoms with E-state index < -0.39 is 44.9 Å². The average molecular weight is 471 g/mol. The lowest BCUT2D eigenvalue weighted by molar-refractivity contribution is -0.0534. The second-order valence-corrected chi connectivity index (χ2v) is 11.0. The van der Waals surface area contributed by atoms with Crippen LogP contribution in [0.3, 0.4) is 0 Å². The van der Waals surface area contributed by atoms with Crippen molar-refractivity contribution in [1.82, 2.24) is 14.1 Å². The van der Waals surface area contributed by atoms with Crippen LogP contribution in [0, 0.1) is 17.5 Å². The highest BCUT2D eigenvalue weighted by molar-refractivity contribution is 7.90. The molecule has 2 fully saturated rings. The van der Waals surface area contributed by atoms with Crippen molar-refractivity contribution in [2.45, 2.75) is 68.6 Å². The van der Waals surface area contributed by atoms with Gasteiger partial charge in [-0.15, -0.1) is 0 Å². The summed E-state index contributed by atoms with van der Waals surface area (Å²) in [6.07, 6.45) is 4.31. The Morgan fingerprint density at radius 2 is 1.78 bits per heavy atom. The maximum atomic E-state index is 14.2. The van der Waals surface area contributed by atoms with Gasteiger partial charge in [-0.3, -0.25) is 4.90 Å². The minimum Gasteiger partial charge on any atom is -0.370 e. The molecule has 174 valence electrons. The number of hydrogen-bond donors (Lipinski definition) is 1. The van der Waals surface area contributed by atoms with Gasteiger partial charge >= 0.3 is 0 Å². The summed E-state index contributed by atoms with van der Waals surface area (Å²) in [5, 5.41) is 3.77. The van der Waals surface area contributed by atoms with Crippen LogP contribution in [-0.2, 0) is 27.8 Å². The molecule has 2 unspecified atom stereocenters. The molecule has 2 N–H and O–H groups in total. The quantitative estimate of drug-likeness (QED) is 0.691. The summed E-state index contributed by atoms with van der Waals surface area (Å²) in [5.74, 6) is -3.30. The van der Waals surface area contributed by atoms with E-state index in [9.17, 15) is 21.6 Å². The standard InChI is InChI=1S/C21H25F3N4O3S/c22-16-7-18(24)17(23)6-15(16)21-19(25)5-13(11-31-21)27-9-12-8-26-28(20(12)10-27)32(29,30)14-3-1-2-4-14/h6-8,13-14,19,21H,1-5,9-11,25H2/t13?,19?,21-/m1/s1. The number of fused-ring (bicyclic) bond motifs is 1. The van der Waals surface area contributed by atoms with Crippen LogP contribution in [0.4, 0.5) is 13.2 Å². The monoisotopic (exact) mass is 470 g/mol. The topological polar surface area (TPSA) is 90.5 Å². The van der Waals surface area contributed by atoms with Crippen LogP contribution in [0.5, 0.6) is 0 Å². The molecule has 0 radical (unpaired) electrons. The molecule has 11 heteroatoms. The molecule has 3 heterocycles.